The molecule has 338 valence electrons. The summed E-state index contributed by atoms with van der Waals surface area (Å²) in [5.41, 5.74) is 0. The van der Waals surface area contributed by atoms with Gasteiger partial charge in [-0.3, -0.25) is 13.8 Å². The van der Waals surface area contributed by atoms with Crippen molar-refractivity contribution in [2.45, 2.75) is 243 Å². The van der Waals surface area contributed by atoms with Crippen molar-refractivity contribution in [1.82, 2.24) is 0 Å². The Balaban J connectivity index is 2.35. The maximum absolute atomic E-state index is 12.8. The van der Waals surface area contributed by atoms with Crippen LogP contribution in [0.25, 0.3) is 0 Å². The van der Waals surface area contributed by atoms with Gasteiger partial charge in [0.05, 0.1) is 13.2 Å². The van der Waals surface area contributed by atoms with Crippen LogP contribution in [0.4, 0.5) is 0 Å². The van der Waals surface area contributed by atoms with E-state index >= 15 is 0 Å². The molecule has 0 aromatic rings. The largest absolute Gasteiger partial charge is 0.472 e. The second kappa shape index (κ2) is 35.8. The third-order valence-corrected chi connectivity index (χ3v) is 11.9. The monoisotopic (exact) mass is 837 g/mol. The van der Waals surface area contributed by atoms with Crippen LogP contribution in [0.2, 0.25) is 0 Å². The number of carbonyl (C=O) groups is 1. The van der Waals surface area contributed by atoms with Gasteiger partial charge in [-0.25, -0.2) is 4.57 Å². The summed E-state index contributed by atoms with van der Waals surface area (Å²) in [4.78, 5) is 23.1. The molecular formula is C44H85O12P. The van der Waals surface area contributed by atoms with Crippen LogP contribution in [0.3, 0.4) is 0 Å². The average molecular weight is 837 g/mol. The van der Waals surface area contributed by atoms with Gasteiger partial charge in [0.1, 0.15) is 42.7 Å². The molecule has 1 aliphatic rings. The number of rotatable bonds is 39. The Morgan fingerprint density at radius 2 is 0.947 bits per heavy atom. The van der Waals surface area contributed by atoms with Crippen LogP contribution >= 0.6 is 7.82 Å². The highest BCUT2D eigenvalue weighted by Gasteiger charge is 2.51. The van der Waals surface area contributed by atoms with Crippen LogP contribution in [0, 0.1) is 0 Å². The van der Waals surface area contributed by atoms with Crippen LogP contribution in [0.15, 0.2) is 12.2 Å². The number of aliphatic hydroxyl groups excluding tert-OH is 5. The molecule has 6 N–H and O–H groups in total. The summed E-state index contributed by atoms with van der Waals surface area (Å²) in [5.74, 6) is -0.485. The number of hydrogen-bond donors (Lipinski definition) is 6. The lowest BCUT2D eigenvalue weighted by atomic mass is 9.85. The van der Waals surface area contributed by atoms with Crippen molar-refractivity contribution in [1.29, 1.82) is 0 Å². The third-order valence-electron chi connectivity index (χ3n) is 10.9. The van der Waals surface area contributed by atoms with Gasteiger partial charge >= 0.3 is 13.8 Å². The van der Waals surface area contributed by atoms with E-state index in [4.69, 9.17) is 18.5 Å². The predicted molar refractivity (Wildman–Crippen MR) is 226 cm³/mol. The Hall–Kier alpha value is -0.920. The predicted octanol–water partition coefficient (Wildman–Crippen LogP) is 9.14. The molecule has 0 aromatic carbocycles. The van der Waals surface area contributed by atoms with Crippen molar-refractivity contribution in [3.63, 3.8) is 0 Å². The second-order valence-electron chi connectivity index (χ2n) is 16.3. The molecule has 0 spiro atoms. The van der Waals surface area contributed by atoms with Gasteiger partial charge in [-0.1, -0.05) is 174 Å². The Labute approximate surface area is 346 Å². The molecule has 1 fully saturated rings. The lowest BCUT2D eigenvalue weighted by Crippen LogP contribution is -2.64. The minimum absolute atomic E-state index is 0.0745. The minimum Gasteiger partial charge on any atom is -0.457 e. The Bertz CT molecular complexity index is 1000. The topological polar surface area (TPSA) is 192 Å². The number of ether oxygens (including phenoxy) is 2. The molecule has 12 nitrogen and oxygen atoms in total. The van der Waals surface area contributed by atoms with Crippen molar-refractivity contribution < 1.29 is 58.3 Å². The summed E-state index contributed by atoms with van der Waals surface area (Å²) in [6.45, 7) is 4.23. The summed E-state index contributed by atoms with van der Waals surface area (Å²) in [5, 5.41) is 50.1. The second-order valence-corrected chi connectivity index (χ2v) is 17.7. The number of esters is 1. The van der Waals surface area contributed by atoms with Crippen molar-refractivity contribution in [2.75, 3.05) is 19.8 Å². The molecule has 0 amide bonds. The zero-order valence-electron chi connectivity index (χ0n) is 35.9. The standard InChI is InChI=1S/C44H85O12P/c1-3-5-7-9-11-13-15-16-17-18-19-20-21-22-24-26-28-30-32-34-53-35-37(55-38(45)33-31-29-27-25-23-14-12-10-8-6-4-2)36-54-57(51,52)56-44-42(49)40(47)39(46)41(48)43(44)50/h10,12,37,39-44,46-50H,3-9,11,13-36H2,1-2H3,(H,51,52)/b12-10-. The molecule has 0 saturated heterocycles. The van der Waals surface area contributed by atoms with Gasteiger partial charge in [-0.05, 0) is 32.1 Å². The van der Waals surface area contributed by atoms with Crippen molar-refractivity contribution in [3.05, 3.63) is 12.2 Å². The van der Waals surface area contributed by atoms with Crippen LogP contribution in [0.1, 0.15) is 200 Å². The van der Waals surface area contributed by atoms with Gasteiger partial charge in [0.25, 0.3) is 0 Å². The Morgan fingerprint density at radius 3 is 1.44 bits per heavy atom. The third kappa shape index (κ3) is 28.3. The van der Waals surface area contributed by atoms with Gasteiger partial charge in [-0.2, -0.15) is 0 Å². The first-order valence-electron chi connectivity index (χ1n) is 23.0. The maximum atomic E-state index is 12.8. The van der Waals surface area contributed by atoms with Crippen molar-refractivity contribution >= 4 is 13.8 Å². The highest BCUT2D eigenvalue weighted by atomic mass is 31.2. The average Bonchev–Trinajstić information content (AvgIpc) is 3.19. The summed E-state index contributed by atoms with van der Waals surface area (Å²) in [6.07, 6.45) is 25.8. The molecule has 0 bridgehead atoms. The highest BCUT2D eigenvalue weighted by Crippen LogP contribution is 2.47. The fraction of sp³-hybridized carbons (Fsp3) is 0.932. The molecule has 6 atom stereocenters. The zero-order chi connectivity index (χ0) is 42.0. The molecule has 0 heterocycles. The molecule has 13 heteroatoms. The van der Waals surface area contributed by atoms with E-state index in [1.165, 1.54) is 116 Å². The van der Waals surface area contributed by atoms with E-state index in [9.17, 15) is 39.8 Å². The van der Waals surface area contributed by atoms with Gasteiger partial charge in [0.15, 0.2) is 0 Å². The number of phosphoric ester groups is 1. The summed E-state index contributed by atoms with van der Waals surface area (Å²) >= 11 is 0. The van der Waals surface area contributed by atoms with E-state index in [1.807, 2.05) is 0 Å². The molecular weight excluding hydrogens is 751 g/mol. The van der Waals surface area contributed by atoms with E-state index < -0.39 is 63.1 Å². The molecule has 1 saturated carbocycles. The number of aliphatic hydroxyl groups is 5. The molecule has 0 aliphatic heterocycles. The Morgan fingerprint density at radius 1 is 0.544 bits per heavy atom. The normalized spacial score (nSPS) is 22.9. The SMILES string of the molecule is CCCC/C=C\CCCCCCCC(=O)OC(COCCCCCCCCCCCCCCCCCCCCC)COP(=O)(O)OC1C(O)C(O)C(O)C(O)C1O. The Kier molecular flexibility index (Phi) is 34.0. The zero-order valence-corrected chi connectivity index (χ0v) is 36.8. The molecule has 0 aromatic heterocycles. The van der Waals surface area contributed by atoms with Crippen LogP contribution < -0.4 is 0 Å². The highest BCUT2D eigenvalue weighted by molar-refractivity contribution is 7.47. The summed E-state index contributed by atoms with van der Waals surface area (Å²) < 4.78 is 34.1. The first kappa shape index (κ1) is 54.1. The number of phosphoric acid groups is 1. The fourth-order valence-corrected chi connectivity index (χ4v) is 8.13. The van der Waals surface area contributed by atoms with Gasteiger partial charge < -0.3 is 39.9 Å². The fourth-order valence-electron chi connectivity index (χ4n) is 7.16. The molecule has 1 rings (SSSR count). The number of allylic oxidation sites excluding steroid dienone is 2. The lowest BCUT2D eigenvalue weighted by Gasteiger charge is -2.41. The molecule has 0 radical (unpaired) electrons. The van der Waals surface area contributed by atoms with E-state index in [2.05, 4.69) is 26.0 Å². The number of carbonyl (C=O) groups excluding carboxylic acids is 1. The summed E-state index contributed by atoms with van der Waals surface area (Å²) in [7, 11) is -5.01. The lowest BCUT2D eigenvalue weighted by molar-refractivity contribution is -0.220. The van der Waals surface area contributed by atoms with Gasteiger partial charge in [0.2, 0.25) is 0 Å². The first-order valence-corrected chi connectivity index (χ1v) is 24.5. The van der Waals surface area contributed by atoms with Crippen molar-refractivity contribution in [2.24, 2.45) is 0 Å². The van der Waals surface area contributed by atoms with E-state index in [0.29, 0.717) is 13.0 Å². The number of unbranched alkanes of at least 4 members (excludes halogenated alkanes) is 25. The number of hydrogen-bond acceptors (Lipinski definition) is 11. The smallest absolute Gasteiger partial charge is 0.457 e. The molecule has 1 aliphatic carbocycles. The first-order chi connectivity index (χ1) is 27.5. The quantitative estimate of drug-likeness (QED) is 0.0149. The maximum Gasteiger partial charge on any atom is 0.472 e. The van der Waals surface area contributed by atoms with E-state index in [-0.39, 0.29) is 13.0 Å². The minimum atomic E-state index is -5.01. The van der Waals surface area contributed by atoms with Gasteiger partial charge in [-0.15, -0.1) is 0 Å². The van der Waals surface area contributed by atoms with Crippen LogP contribution in [-0.4, -0.2) is 98.9 Å². The summed E-state index contributed by atoms with van der Waals surface area (Å²) in [6, 6.07) is 0. The van der Waals surface area contributed by atoms with Crippen molar-refractivity contribution in [3.8, 4) is 0 Å². The molecule has 6 unspecified atom stereocenters. The van der Waals surface area contributed by atoms with E-state index in [0.717, 1.165) is 57.8 Å². The molecule has 57 heavy (non-hydrogen) atoms. The van der Waals surface area contributed by atoms with Crippen LogP contribution in [-0.2, 0) is 27.9 Å². The van der Waals surface area contributed by atoms with Gasteiger partial charge in [0, 0.05) is 13.0 Å². The van der Waals surface area contributed by atoms with Crippen LogP contribution in [0.5, 0.6) is 0 Å². The van der Waals surface area contributed by atoms with E-state index in [1.54, 1.807) is 0 Å².